The first-order chi connectivity index (χ1) is 10.1. The molecule has 1 aliphatic rings. The molecule has 0 radical (unpaired) electrons. The third-order valence-electron chi connectivity index (χ3n) is 4.00. The van der Waals surface area contributed by atoms with Gasteiger partial charge in [0.25, 0.3) is 11.5 Å². The molecule has 0 bridgehead atoms. The maximum Gasteiger partial charge on any atom is 0.270 e. The van der Waals surface area contributed by atoms with Gasteiger partial charge in [-0.2, -0.15) is 0 Å². The van der Waals surface area contributed by atoms with E-state index in [9.17, 15) is 9.59 Å². The van der Waals surface area contributed by atoms with Crippen LogP contribution < -0.4 is 10.9 Å². The van der Waals surface area contributed by atoms with Gasteiger partial charge in [0.2, 0.25) is 0 Å². The Morgan fingerprint density at radius 3 is 2.95 bits per heavy atom. The van der Waals surface area contributed by atoms with Gasteiger partial charge in [0.15, 0.2) is 0 Å². The van der Waals surface area contributed by atoms with Crippen LogP contribution in [-0.2, 0) is 0 Å². The number of amides is 1. The van der Waals surface area contributed by atoms with Crippen LogP contribution in [0.4, 0.5) is 0 Å². The van der Waals surface area contributed by atoms with Crippen LogP contribution >= 0.6 is 12.4 Å². The Hall–Kier alpha value is -1.92. The molecule has 0 saturated carbocycles. The highest BCUT2D eigenvalue weighted by Crippen LogP contribution is 2.10. The SMILES string of the molecule is Cc1ccn2c(=O)c(C(=O)N(C)C3CCNC3)cnc2c1.Cl. The van der Waals surface area contributed by atoms with Crippen LogP contribution in [0.25, 0.3) is 5.65 Å². The van der Waals surface area contributed by atoms with E-state index in [1.807, 2.05) is 19.1 Å². The first-order valence-corrected chi connectivity index (χ1v) is 7.04. The van der Waals surface area contributed by atoms with Crippen LogP contribution in [0.3, 0.4) is 0 Å². The van der Waals surface area contributed by atoms with Gasteiger partial charge in [-0.1, -0.05) is 0 Å². The zero-order valence-electron chi connectivity index (χ0n) is 12.6. The molecule has 2 aromatic rings. The molecular formula is C15H19ClN4O2. The lowest BCUT2D eigenvalue weighted by Gasteiger charge is -2.23. The van der Waals surface area contributed by atoms with Crippen LogP contribution in [-0.4, -0.2) is 46.4 Å². The topological polar surface area (TPSA) is 66.7 Å². The number of rotatable bonds is 2. The summed E-state index contributed by atoms with van der Waals surface area (Å²) in [5, 5.41) is 3.22. The van der Waals surface area contributed by atoms with Gasteiger partial charge in [-0.3, -0.25) is 14.0 Å². The van der Waals surface area contributed by atoms with E-state index in [0.29, 0.717) is 5.65 Å². The lowest BCUT2D eigenvalue weighted by molar-refractivity contribution is 0.0741. The van der Waals surface area contributed by atoms with E-state index >= 15 is 0 Å². The molecule has 1 saturated heterocycles. The molecule has 1 unspecified atom stereocenters. The number of carbonyl (C=O) groups is 1. The summed E-state index contributed by atoms with van der Waals surface area (Å²) >= 11 is 0. The van der Waals surface area contributed by atoms with Gasteiger partial charge in [-0.25, -0.2) is 4.98 Å². The number of fused-ring (bicyclic) bond motifs is 1. The summed E-state index contributed by atoms with van der Waals surface area (Å²) in [6.45, 7) is 3.60. The molecule has 6 nitrogen and oxygen atoms in total. The molecule has 2 aromatic heterocycles. The molecule has 1 amide bonds. The van der Waals surface area contributed by atoms with Crippen LogP contribution in [0.2, 0.25) is 0 Å². The van der Waals surface area contributed by atoms with Crippen molar-refractivity contribution in [2.45, 2.75) is 19.4 Å². The predicted molar refractivity (Wildman–Crippen MR) is 86.8 cm³/mol. The normalized spacial score (nSPS) is 17.3. The number of likely N-dealkylation sites (N-methyl/N-ethyl adjacent to an activating group) is 1. The van der Waals surface area contributed by atoms with Crippen LogP contribution in [0.5, 0.6) is 0 Å². The van der Waals surface area contributed by atoms with Crippen molar-refractivity contribution >= 4 is 24.0 Å². The monoisotopic (exact) mass is 322 g/mol. The van der Waals surface area contributed by atoms with Gasteiger partial charge in [-0.05, 0) is 37.6 Å². The Balaban J connectivity index is 0.00000176. The molecule has 1 fully saturated rings. The molecule has 0 spiro atoms. The Morgan fingerprint density at radius 1 is 1.50 bits per heavy atom. The summed E-state index contributed by atoms with van der Waals surface area (Å²) in [4.78, 5) is 30.8. The molecule has 1 N–H and O–H groups in total. The number of hydrogen-bond acceptors (Lipinski definition) is 4. The Morgan fingerprint density at radius 2 is 2.27 bits per heavy atom. The van der Waals surface area contributed by atoms with E-state index in [4.69, 9.17) is 0 Å². The smallest absolute Gasteiger partial charge is 0.270 e. The number of halogens is 1. The minimum Gasteiger partial charge on any atom is -0.337 e. The zero-order chi connectivity index (χ0) is 15.0. The second-order valence-electron chi connectivity index (χ2n) is 5.47. The lowest BCUT2D eigenvalue weighted by atomic mass is 10.2. The summed E-state index contributed by atoms with van der Waals surface area (Å²) in [7, 11) is 1.74. The summed E-state index contributed by atoms with van der Waals surface area (Å²) in [6, 6.07) is 3.78. The molecule has 3 heterocycles. The Kier molecular flexibility index (Phi) is 4.83. The van der Waals surface area contributed by atoms with Crippen molar-refractivity contribution in [2.24, 2.45) is 0 Å². The van der Waals surface area contributed by atoms with Gasteiger partial charge in [0.05, 0.1) is 0 Å². The second-order valence-corrected chi connectivity index (χ2v) is 5.47. The summed E-state index contributed by atoms with van der Waals surface area (Å²) in [6.07, 6.45) is 3.95. The van der Waals surface area contributed by atoms with Crippen molar-refractivity contribution in [3.05, 3.63) is 46.0 Å². The number of aryl methyl sites for hydroxylation is 1. The first kappa shape index (κ1) is 16.5. The third-order valence-corrected chi connectivity index (χ3v) is 4.00. The number of nitrogens with zero attached hydrogens (tertiary/aromatic N) is 3. The van der Waals surface area contributed by atoms with Crippen molar-refractivity contribution < 1.29 is 4.79 Å². The number of carbonyl (C=O) groups excluding carboxylic acids is 1. The highest BCUT2D eigenvalue weighted by atomic mass is 35.5. The summed E-state index contributed by atoms with van der Waals surface area (Å²) in [5.74, 6) is -0.267. The molecule has 22 heavy (non-hydrogen) atoms. The molecular weight excluding hydrogens is 304 g/mol. The van der Waals surface area contributed by atoms with E-state index in [-0.39, 0.29) is 35.5 Å². The van der Waals surface area contributed by atoms with Gasteiger partial charge < -0.3 is 10.2 Å². The molecule has 0 aliphatic carbocycles. The zero-order valence-corrected chi connectivity index (χ0v) is 13.4. The maximum absolute atomic E-state index is 12.5. The van der Waals surface area contributed by atoms with Gasteiger partial charge >= 0.3 is 0 Å². The van der Waals surface area contributed by atoms with Gasteiger partial charge in [-0.15, -0.1) is 12.4 Å². The highest BCUT2D eigenvalue weighted by Gasteiger charge is 2.26. The minimum absolute atomic E-state index is 0. The molecule has 0 aromatic carbocycles. The fraction of sp³-hybridized carbons (Fsp3) is 0.400. The summed E-state index contributed by atoms with van der Waals surface area (Å²) in [5.41, 5.74) is 1.38. The standard InChI is InChI=1S/C15H18N4O2.ClH/c1-10-4-6-19-13(7-10)17-9-12(15(19)21)14(20)18(2)11-3-5-16-8-11;/h4,6-7,9,11,16H,3,5,8H2,1-2H3;1H. The number of hydrogen-bond donors (Lipinski definition) is 1. The van der Waals surface area contributed by atoms with Crippen molar-refractivity contribution in [2.75, 3.05) is 20.1 Å². The molecule has 1 aliphatic heterocycles. The molecule has 1 atom stereocenters. The maximum atomic E-state index is 12.5. The van der Waals surface area contributed by atoms with Crippen molar-refractivity contribution in [1.29, 1.82) is 0 Å². The largest absolute Gasteiger partial charge is 0.337 e. The Bertz CT molecular complexity index is 753. The van der Waals surface area contributed by atoms with E-state index < -0.39 is 0 Å². The average Bonchev–Trinajstić information content (AvgIpc) is 3.00. The second kappa shape index (κ2) is 6.46. The molecule has 7 heteroatoms. The van der Waals surface area contributed by atoms with Crippen LogP contribution in [0, 0.1) is 6.92 Å². The van der Waals surface area contributed by atoms with E-state index in [1.54, 1.807) is 18.1 Å². The molecule has 118 valence electrons. The van der Waals surface area contributed by atoms with Crippen LogP contribution in [0.1, 0.15) is 22.3 Å². The Labute approximate surface area is 134 Å². The first-order valence-electron chi connectivity index (χ1n) is 7.04. The van der Waals surface area contributed by atoms with E-state index in [1.165, 1.54) is 10.6 Å². The van der Waals surface area contributed by atoms with Crippen LogP contribution in [0.15, 0.2) is 29.3 Å². The fourth-order valence-corrected chi connectivity index (χ4v) is 2.65. The number of nitrogens with one attached hydrogen (secondary N) is 1. The predicted octanol–water partition coefficient (Wildman–Crippen LogP) is 0.859. The van der Waals surface area contributed by atoms with Gasteiger partial charge in [0.1, 0.15) is 11.2 Å². The quantitative estimate of drug-likeness (QED) is 0.890. The van der Waals surface area contributed by atoms with Crippen molar-refractivity contribution in [3.8, 4) is 0 Å². The van der Waals surface area contributed by atoms with E-state index in [0.717, 1.165) is 25.1 Å². The number of aromatic nitrogens is 2. The summed E-state index contributed by atoms with van der Waals surface area (Å²) < 4.78 is 1.42. The third kappa shape index (κ3) is 2.84. The molecule has 3 rings (SSSR count). The average molecular weight is 323 g/mol. The minimum atomic E-state index is -0.317. The highest BCUT2D eigenvalue weighted by molar-refractivity contribution is 5.93. The van der Waals surface area contributed by atoms with E-state index in [2.05, 4.69) is 10.3 Å². The van der Waals surface area contributed by atoms with Crippen molar-refractivity contribution in [1.82, 2.24) is 19.6 Å². The fourth-order valence-electron chi connectivity index (χ4n) is 2.65. The van der Waals surface area contributed by atoms with Crippen molar-refractivity contribution in [3.63, 3.8) is 0 Å². The lowest BCUT2D eigenvalue weighted by Crippen LogP contribution is -2.41. The van der Waals surface area contributed by atoms with Gasteiger partial charge in [0, 0.05) is 32.0 Å². The number of pyridine rings is 1.